The monoisotopic (exact) mass is 334 g/mol. The lowest BCUT2D eigenvalue weighted by molar-refractivity contribution is -0.121. The number of rotatable bonds is 4. The van der Waals surface area contributed by atoms with E-state index in [1.807, 2.05) is 36.9 Å². The number of hydrogen-bond acceptors (Lipinski definition) is 5. The fraction of sp³-hybridized carbons (Fsp3) is 0.438. The average Bonchev–Trinajstić information content (AvgIpc) is 2.97. The second-order valence-electron chi connectivity index (χ2n) is 5.91. The van der Waals surface area contributed by atoms with Gasteiger partial charge in [-0.2, -0.15) is 4.98 Å². The number of benzene rings is 1. The number of anilines is 1. The van der Waals surface area contributed by atoms with Gasteiger partial charge >= 0.3 is 0 Å². The van der Waals surface area contributed by atoms with E-state index in [-0.39, 0.29) is 11.8 Å². The zero-order valence-corrected chi connectivity index (χ0v) is 14.0. The van der Waals surface area contributed by atoms with Gasteiger partial charge < -0.3 is 9.42 Å². The predicted octanol–water partition coefficient (Wildman–Crippen LogP) is 2.70. The number of piperazine rings is 1. The van der Waals surface area contributed by atoms with Crippen LogP contribution in [0.1, 0.15) is 31.5 Å². The van der Waals surface area contributed by atoms with E-state index in [4.69, 9.17) is 16.1 Å². The van der Waals surface area contributed by atoms with Gasteiger partial charge in [0, 0.05) is 19.0 Å². The van der Waals surface area contributed by atoms with Crippen LogP contribution < -0.4 is 4.90 Å². The summed E-state index contributed by atoms with van der Waals surface area (Å²) in [5, 5.41) is 4.54. The molecule has 122 valence electrons. The molecule has 1 aromatic heterocycles. The molecule has 0 N–H and O–H groups in total. The predicted molar refractivity (Wildman–Crippen MR) is 87.5 cm³/mol. The molecule has 2 heterocycles. The van der Waals surface area contributed by atoms with E-state index in [0.717, 1.165) is 12.2 Å². The van der Waals surface area contributed by atoms with Crippen molar-refractivity contribution in [1.82, 2.24) is 15.0 Å². The van der Waals surface area contributed by atoms with Crippen LogP contribution in [0, 0.1) is 0 Å². The Morgan fingerprint density at radius 2 is 2.09 bits per heavy atom. The number of carbonyl (C=O) groups is 1. The summed E-state index contributed by atoms with van der Waals surface area (Å²) in [5.41, 5.74) is 0.763. The van der Waals surface area contributed by atoms with E-state index in [9.17, 15) is 4.79 Å². The van der Waals surface area contributed by atoms with Gasteiger partial charge in [-0.3, -0.25) is 9.69 Å². The Balaban J connectivity index is 1.64. The highest BCUT2D eigenvalue weighted by Crippen LogP contribution is 2.26. The van der Waals surface area contributed by atoms with E-state index in [0.29, 0.717) is 36.4 Å². The SMILES string of the molecule is CC(C)c1noc(CN2CCN(c3ccccc3Cl)C(=O)C2)n1. The third-order valence-electron chi connectivity index (χ3n) is 3.80. The van der Waals surface area contributed by atoms with Gasteiger partial charge in [0.1, 0.15) is 0 Å². The van der Waals surface area contributed by atoms with Gasteiger partial charge in [-0.25, -0.2) is 0 Å². The number of carbonyl (C=O) groups excluding carboxylic acids is 1. The zero-order chi connectivity index (χ0) is 16.4. The van der Waals surface area contributed by atoms with E-state index in [1.165, 1.54) is 0 Å². The third-order valence-corrected chi connectivity index (χ3v) is 4.12. The second-order valence-corrected chi connectivity index (χ2v) is 6.32. The van der Waals surface area contributed by atoms with Crippen molar-refractivity contribution in [2.45, 2.75) is 26.3 Å². The lowest BCUT2D eigenvalue weighted by Crippen LogP contribution is -2.50. The molecule has 1 fully saturated rings. The smallest absolute Gasteiger partial charge is 0.241 e. The van der Waals surface area contributed by atoms with Crippen LogP contribution in [0.15, 0.2) is 28.8 Å². The molecule has 0 atom stereocenters. The molecule has 6 nitrogen and oxygen atoms in total. The Morgan fingerprint density at radius 3 is 2.74 bits per heavy atom. The maximum Gasteiger partial charge on any atom is 0.241 e. The number of nitrogens with zero attached hydrogens (tertiary/aromatic N) is 4. The van der Waals surface area contributed by atoms with Gasteiger partial charge in [-0.15, -0.1) is 0 Å². The number of halogens is 1. The van der Waals surface area contributed by atoms with Crippen LogP contribution in [0.4, 0.5) is 5.69 Å². The molecule has 0 radical (unpaired) electrons. The summed E-state index contributed by atoms with van der Waals surface area (Å²) >= 11 is 6.18. The van der Waals surface area contributed by atoms with Crippen molar-refractivity contribution in [3.8, 4) is 0 Å². The number of amides is 1. The van der Waals surface area contributed by atoms with Crippen molar-refractivity contribution in [2.75, 3.05) is 24.5 Å². The molecular formula is C16H19ClN4O2. The Kier molecular flexibility index (Phi) is 4.63. The molecule has 2 aromatic rings. The molecule has 1 saturated heterocycles. The molecule has 0 spiro atoms. The molecule has 1 amide bonds. The fourth-order valence-corrected chi connectivity index (χ4v) is 2.78. The van der Waals surface area contributed by atoms with Gasteiger partial charge in [0.15, 0.2) is 5.82 Å². The van der Waals surface area contributed by atoms with Gasteiger partial charge in [-0.05, 0) is 12.1 Å². The molecule has 0 saturated carbocycles. The first kappa shape index (κ1) is 16.0. The van der Waals surface area contributed by atoms with E-state index in [1.54, 1.807) is 11.0 Å². The summed E-state index contributed by atoms with van der Waals surface area (Å²) in [6, 6.07) is 7.40. The van der Waals surface area contributed by atoms with Crippen LogP contribution in [0.2, 0.25) is 5.02 Å². The molecule has 0 aliphatic carbocycles. The topological polar surface area (TPSA) is 62.5 Å². The number of para-hydroxylation sites is 1. The molecule has 23 heavy (non-hydrogen) atoms. The minimum absolute atomic E-state index is 0.0212. The third kappa shape index (κ3) is 3.54. The Bertz CT molecular complexity index is 701. The van der Waals surface area contributed by atoms with Crippen molar-refractivity contribution < 1.29 is 9.32 Å². The van der Waals surface area contributed by atoms with E-state index < -0.39 is 0 Å². The van der Waals surface area contributed by atoms with Gasteiger partial charge in [-0.1, -0.05) is 42.7 Å². The van der Waals surface area contributed by atoms with Crippen LogP contribution in [0.25, 0.3) is 0 Å². The molecule has 1 aliphatic rings. The van der Waals surface area contributed by atoms with E-state index in [2.05, 4.69) is 10.1 Å². The summed E-state index contributed by atoms with van der Waals surface area (Å²) in [7, 11) is 0. The summed E-state index contributed by atoms with van der Waals surface area (Å²) < 4.78 is 5.25. The maximum atomic E-state index is 12.4. The maximum absolute atomic E-state index is 12.4. The Hall–Kier alpha value is -1.92. The van der Waals surface area contributed by atoms with Crippen molar-refractivity contribution >= 4 is 23.2 Å². The van der Waals surface area contributed by atoms with Crippen LogP contribution in [-0.2, 0) is 11.3 Å². The normalized spacial score (nSPS) is 16.3. The molecule has 1 aliphatic heterocycles. The summed E-state index contributed by atoms with van der Waals surface area (Å²) in [6.07, 6.45) is 0. The van der Waals surface area contributed by atoms with Gasteiger partial charge in [0.25, 0.3) is 0 Å². The van der Waals surface area contributed by atoms with Crippen molar-refractivity contribution in [3.63, 3.8) is 0 Å². The van der Waals surface area contributed by atoms with Crippen molar-refractivity contribution in [3.05, 3.63) is 41.0 Å². The molecular weight excluding hydrogens is 316 g/mol. The molecule has 0 unspecified atom stereocenters. The first-order valence-electron chi connectivity index (χ1n) is 7.64. The summed E-state index contributed by atoms with van der Waals surface area (Å²) in [6.45, 7) is 6.15. The highest BCUT2D eigenvalue weighted by molar-refractivity contribution is 6.33. The zero-order valence-electron chi connectivity index (χ0n) is 13.2. The van der Waals surface area contributed by atoms with Crippen LogP contribution in [0.3, 0.4) is 0 Å². The fourth-order valence-electron chi connectivity index (χ4n) is 2.54. The largest absolute Gasteiger partial charge is 0.338 e. The van der Waals surface area contributed by atoms with Crippen molar-refractivity contribution in [1.29, 1.82) is 0 Å². The van der Waals surface area contributed by atoms with E-state index >= 15 is 0 Å². The average molecular weight is 335 g/mol. The summed E-state index contributed by atoms with van der Waals surface area (Å²) in [4.78, 5) is 20.5. The second kappa shape index (κ2) is 6.68. The Morgan fingerprint density at radius 1 is 1.30 bits per heavy atom. The number of hydrogen-bond donors (Lipinski definition) is 0. The lowest BCUT2D eigenvalue weighted by Gasteiger charge is -2.33. The van der Waals surface area contributed by atoms with Crippen LogP contribution in [-0.4, -0.2) is 40.6 Å². The highest BCUT2D eigenvalue weighted by atomic mass is 35.5. The minimum Gasteiger partial charge on any atom is -0.338 e. The quantitative estimate of drug-likeness (QED) is 0.860. The standard InChI is InChI=1S/C16H19ClN4O2/c1-11(2)16-18-14(23-19-16)9-20-7-8-21(15(22)10-20)13-6-4-3-5-12(13)17/h3-6,11H,7-10H2,1-2H3. The number of aromatic nitrogens is 2. The molecule has 7 heteroatoms. The molecule has 3 rings (SSSR count). The molecule has 1 aromatic carbocycles. The highest BCUT2D eigenvalue weighted by Gasteiger charge is 2.27. The molecule has 0 bridgehead atoms. The van der Waals surface area contributed by atoms with Crippen LogP contribution >= 0.6 is 11.6 Å². The van der Waals surface area contributed by atoms with Gasteiger partial charge in [0.05, 0.1) is 23.8 Å². The lowest BCUT2D eigenvalue weighted by atomic mass is 10.2. The Labute approximate surface area is 140 Å². The van der Waals surface area contributed by atoms with Crippen LogP contribution in [0.5, 0.6) is 0 Å². The van der Waals surface area contributed by atoms with Crippen molar-refractivity contribution in [2.24, 2.45) is 0 Å². The minimum atomic E-state index is 0.0212. The first-order valence-corrected chi connectivity index (χ1v) is 8.02. The summed E-state index contributed by atoms with van der Waals surface area (Å²) in [5.74, 6) is 1.49. The van der Waals surface area contributed by atoms with Gasteiger partial charge in [0.2, 0.25) is 11.8 Å². The first-order chi connectivity index (χ1) is 11.0.